The normalized spacial score (nSPS) is 20.5. The Morgan fingerprint density at radius 2 is 1.97 bits per heavy atom. The van der Waals surface area contributed by atoms with E-state index in [1.54, 1.807) is 16.4 Å². The van der Waals surface area contributed by atoms with Crippen LogP contribution in [0.15, 0.2) is 35.4 Å². The fourth-order valence-electron chi connectivity index (χ4n) is 4.56. The Morgan fingerprint density at radius 1 is 1.22 bits per heavy atom. The van der Waals surface area contributed by atoms with Gasteiger partial charge in [-0.05, 0) is 44.0 Å². The summed E-state index contributed by atoms with van der Waals surface area (Å²) in [5.74, 6) is 0.338. The first-order valence-electron chi connectivity index (χ1n) is 10.8. The quantitative estimate of drug-likeness (QED) is 0.477. The number of nitrogens with one attached hydrogen (secondary N) is 1. The molecule has 172 valence electrons. The summed E-state index contributed by atoms with van der Waals surface area (Å²) in [6.07, 6.45) is 4.74. The Bertz CT molecular complexity index is 1220. The van der Waals surface area contributed by atoms with Crippen LogP contribution in [-0.2, 0) is 16.6 Å². The average molecular weight is 515 g/mol. The van der Waals surface area contributed by atoms with Gasteiger partial charge in [0.25, 0.3) is 0 Å². The third-order valence-corrected chi connectivity index (χ3v) is 9.82. The summed E-state index contributed by atoms with van der Waals surface area (Å²) in [6.45, 7) is 3.90. The zero-order valence-corrected chi connectivity index (χ0v) is 20.8. The van der Waals surface area contributed by atoms with Crippen molar-refractivity contribution in [3.05, 3.63) is 36.2 Å². The molecule has 2 aromatic heterocycles. The zero-order valence-electron chi connectivity index (χ0n) is 17.7. The predicted molar refractivity (Wildman–Crippen MR) is 129 cm³/mol. The first-order chi connectivity index (χ1) is 15.2. The van der Waals surface area contributed by atoms with E-state index >= 15 is 0 Å². The molecule has 32 heavy (non-hydrogen) atoms. The van der Waals surface area contributed by atoms with Crippen LogP contribution in [0.2, 0.25) is 0 Å². The summed E-state index contributed by atoms with van der Waals surface area (Å²) in [5.41, 5.74) is 1.88. The van der Waals surface area contributed by atoms with Crippen molar-refractivity contribution in [2.45, 2.75) is 60.3 Å². The predicted octanol–water partition coefficient (Wildman–Crippen LogP) is 4.83. The Hall–Kier alpha value is -1.39. The molecule has 5 rings (SSSR count). The van der Waals surface area contributed by atoms with Crippen LogP contribution in [0.3, 0.4) is 0 Å². The van der Waals surface area contributed by atoms with E-state index in [1.807, 2.05) is 23.0 Å². The Kier molecular flexibility index (Phi) is 5.90. The Labute approximate surface area is 201 Å². The van der Waals surface area contributed by atoms with E-state index in [-0.39, 0.29) is 6.04 Å². The number of aryl methyl sites for hydroxylation is 1. The van der Waals surface area contributed by atoms with Gasteiger partial charge < -0.3 is 5.32 Å². The molecule has 1 saturated heterocycles. The molecule has 1 aliphatic heterocycles. The maximum absolute atomic E-state index is 13.3. The van der Waals surface area contributed by atoms with Crippen molar-refractivity contribution < 1.29 is 8.42 Å². The second kappa shape index (κ2) is 8.43. The van der Waals surface area contributed by atoms with Crippen LogP contribution in [0.5, 0.6) is 0 Å². The average Bonchev–Trinajstić information content (AvgIpc) is 3.38. The number of fused-ring (bicyclic) bond motifs is 1. The van der Waals surface area contributed by atoms with Gasteiger partial charge >= 0.3 is 0 Å². The molecule has 1 N–H and O–H groups in total. The smallest absolute Gasteiger partial charge is 0.243 e. The molecule has 11 heteroatoms. The fourth-order valence-corrected chi connectivity index (χ4v) is 7.72. The molecule has 0 bridgehead atoms. The van der Waals surface area contributed by atoms with Gasteiger partial charge in [-0.25, -0.2) is 13.4 Å². The van der Waals surface area contributed by atoms with E-state index < -0.39 is 14.4 Å². The lowest BCUT2D eigenvalue weighted by Gasteiger charge is -2.38. The summed E-state index contributed by atoms with van der Waals surface area (Å²) >= 11 is 13.7. The number of alkyl halides is 2. The van der Waals surface area contributed by atoms with Crippen molar-refractivity contribution in [1.29, 1.82) is 0 Å². The second-order valence-electron chi connectivity index (χ2n) is 8.50. The van der Waals surface area contributed by atoms with Crippen LogP contribution < -0.4 is 5.32 Å². The number of nitrogens with zero attached hydrogens (tertiary/aromatic N) is 4. The second-order valence-corrected chi connectivity index (χ2v) is 13.1. The maximum atomic E-state index is 13.3. The minimum Gasteiger partial charge on any atom is -0.359 e. The van der Waals surface area contributed by atoms with E-state index in [0.29, 0.717) is 42.3 Å². The number of anilines is 1. The minimum atomic E-state index is -3.56. The van der Waals surface area contributed by atoms with Gasteiger partial charge in [0.05, 0.1) is 15.1 Å². The molecular formula is C21H25Cl2N5O2S2. The number of hydrogen-bond acceptors (Lipinski definition) is 6. The van der Waals surface area contributed by atoms with Crippen molar-refractivity contribution in [3.63, 3.8) is 0 Å². The summed E-state index contributed by atoms with van der Waals surface area (Å²) < 4.78 is 30.5. The summed E-state index contributed by atoms with van der Waals surface area (Å²) in [5, 5.41) is 8.46. The van der Waals surface area contributed by atoms with Crippen molar-refractivity contribution in [2.24, 2.45) is 0 Å². The number of sulfonamides is 1. The molecule has 1 saturated carbocycles. The summed E-state index contributed by atoms with van der Waals surface area (Å²) in [6, 6.07) is 7.44. The summed E-state index contributed by atoms with van der Waals surface area (Å²) in [4.78, 5) is 4.89. The van der Waals surface area contributed by atoms with Crippen LogP contribution in [0.1, 0.15) is 44.2 Å². The number of halogens is 2. The third-order valence-electron chi connectivity index (χ3n) is 6.34. The molecule has 1 aliphatic carbocycles. The first-order valence-corrected chi connectivity index (χ1v) is 13.8. The highest BCUT2D eigenvalue weighted by atomic mass is 35.5. The highest BCUT2D eigenvalue weighted by Gasteiger charge is 2.41. The monoisotopic (exact) mass is 513 g/mol. The van der Waals surface area contributed by atoms with Gasteiger partial charge in [0.2, 0.25) is 10.0 Å². The van der Waals surface area contributed by atoms with Gasteiger partial charge in [-0.1, -0.05) is 11.3 Å². The highest BCUT2D eigenvalue weighted by molar-refractivity contribution is 7.89. The molecular weight excluding hydrogens is 489 g/mol. The van der Waals surface area contributed by atoms with Crippen LogP contribution in [0.4, 0.5) is 5.13 Å². The Balaban J connectivity index is 1.29. The van der Waals surface area contributed by atoms with Gasteiger partial charge in [-0.2, -0.15) is 9.40 Å². The lowest BCUT2D eigenvalue weighted by molar-refractivity contribution is 0.311. The number of hydrogen-bond donors (Lipinski definition) is 1. The number of rotatable bonds is 6. The van der Waals surface area contributed by atoms with Gasteiger partial charge in [0.1, 0.15) is 4.33 Å². The SMILES string of the molecule is CCn1nccc1C1CCN(S(=O)(=O)c2ccc3sc(NC4CC(Cl)(Cl)C4)nc3c2)CC1. The van der Waals surface area contributed by atoms with Crippen LogP contribution in [0, 0.1) is 0 Å². The lowest BCUT2D eigenvalue weighted by atomic mass is 9.92. The number of aromatic nitrogens is 3. The highest BCUT2D eigenvalue weighted by Crippen LogP contribution is 2.44. The number of piperidine rings is 1. The molecule has 0 unspecified atom stereocenters. The van der Waals surface area contributed by atoms with Crippen molar-refractivity contribution in [1.82, 2.24) is 19.1 Å². The van der Waals surface area contributed by atoms with E-state index in [2.05, 4.69) is 22.3 Å². The minimum absolute atomic E-state index is 0.194. The number of benzene rings is 1. The molecule has 0 amide bonds. The van der Waals surface area contributed by atoms with E-state index in [4.69, 9.17) is 23.2 Å². The molecule has 3 heterocycles. The molecule has 7 nitrogen and oxygen atoms in total. The van der Waals surface area contributed by atoms with Gasteiger partial charge in [0, 0.05) is 56.3 Å². The van der Waals surface area contributed by atoms with Crippen LogP contribution in [0.25, 0.3) is 10.2 Å². The number of thiazole rings is 1. The maximum Gasteiger partial charge on any atom is 0.243 e. The molecule has 2 fully saturated rings. The first kappa shape index (κ1) is 22.4. The third kappa shape index (κ3) is 4.25. The largest absolute Gasteiger partial charge is 0.359 e. The lowest BCUT2D eigenvalue weighted by Crippen LogP contribution is -2.42. The van der Waals surface area contributed by atoms with Crippen molar-refractivity contribution in [2.75, 3.05) is 18.4 Å². The summed E-state index contributed by atoms with van der Waals surface area (Å²) in [7, 11) is -3.56. The van der Waals surface area contributed by atoms with Crippen LogP contribution >= 0.6 is 34.5 Å². The van der Waals surface area contributed by atoms with Crippen molar-refractivity contribution in [3.8, 4) is 0 Å². The fraction of sp³-hybridized carbons (Fsp3) is 0.524. The van der Waals surface area contributed by atoms with Gasteiger partial charge in [-0.3, -0.25) is 4.68 Å². The Morgan fingerprint density at radius 3 is 2.66 bits per heavy atom. The molecule has 2 aliphatic rings. The molecule has 0 spiro atoms. The van der Waals surface area contributed by atoms with E-state index in [1.165, 1.54) is 17.0 Å². The van der Waals surface area contributed by atoms with E-state index in [0.717, 1.165) is 29.2 Å². The van der Waals surface area contributed by atoms with Crippen LogP contribution in [-0.4, -0.2) is 51.0 Å². The topological polar surface area (TPSA) is 80.1 Å². The van der Waals surface area contributed by atoms with Crippen molar-refractivity contribution >= 4 is 59.9 Å². The van der Waals surface area contributed by atoms with Gasteiger partial charge in [0.15, 0.2) is 5.13 Å². The zero-order chi connectivity index (χ0) is 22.5. The molecule has 3 aromatic rings. The molecule has 0 atom stereocenters. The molecule has 1 aromatic carbocycles. The standard InChI is InChI=1S/C21H25Cl2N5O2S2/c1-2-28-18(5-8-24-28)14-6-9-27(10-7-14)32(29,30)16-3-4-19-17(11-16)26-20(31-19)25-15-12-21(22,23)13-15/h3-5,8,11,14-15H,2,6-7,9-10,12-13H2,1H3,(H,25,26). The van der Waals surface area contributed by atoms with Gasteiger partial charge in [-0.15, -0.1) is 23.2 Å². The molecule has 0 radical (unpaired) electrons. The van der Waals surface area contributed by atoms with E-state index in [9.17, 15) is 8.42 Å².